The highest BCUT2D eigenvalue weighted by molar-refractivity contribution is 6.05. The van der Waals surface area contributed by atoms with Crippen LogP contribution < -0.4 is 15.0 Å². The second-order valence-corrected chi connectivity index (χ2v) is 7.55. The molecular formula is C21H20FN3O4. The summed E-state index contributed by atoms with van der Waals surface area (Å²) in [5, 5.41) is 2.88. The van der Waals surface area contributed by atoms with Crippen LogP contribution in [0.15, 0.2) is 40.8 Å². The topological polar surface area (TPSA) is 76.8 Å². The summed E-state index contributed by atoms with van der Waals surface area (Å²) in [5.41, 5.74) is 2.01. The highest BCUT2D eigenvalue weighted by Crippen LogP contribution is 2.29. The van der Waals surface area contributed by atoms with Crippen LogP contribution in [0.5, 0.6) is 5.75 Å². The average molecular weight is 397 g/mol. The van der Waals surface area contributed by atoms with Crippen molar-refractivity contribution in [1.82, 2.24) is 4.98 Å². The Bertz CT molecular complexity index is 1090. The highest BCUT2D eigenvalue weighted by atomic mass is 19.1. The van der Waals surface area contributed by atoms with Crippen molar-refractivity contribution in [3.63, 3.8) is 0 Å². The number of carbonyl (C=O) groups is 1. The molecule has 1 fully saturated rings. The normalized spacial score (nSPS) is 16.8. The Hall–Kier alpha value is -3.13. The van der Waals surface area contributed by atoms with Gasteiger partial charge in [0.25, 0.3) is 11.9 Å². The summed E-state index contributed by atoms with van der Waals surface area (Å²) in [5.74, 6) is 0.634. The maximum absolute atomic E-state index is 14.3. The SMILES string of the molecule is CN(CC1(F)COC1)c1nc2cc(NC(=O)c3ccc4c(c3)CCO4)ccc2o1. The van der Waals surface area contributed by atoms with Crippen LogP contribution in [0, 0.1) is 0 Å². The van der Waals surface area contributed by atoms with Crippen LogP contribution in [0.25, 0.3) is 11.1 Å². The van der Waals surface area contributed by atoms with Crippen molar-refractivity contribution in [2.75, 3.05) is 43.6 Å². The van der Waals surface area contributed by atoms with Crippen molar-refractivity contribution in [3.8, 4) is 5.75 Å². The Labute approximate surface area is 166 Å². The number of halogens is 1. The van der Waals surface area contributed by atoms with E-state index in [1.54, 1.807) is 36.2 Å². The van der Waals surface area contributed by atoms with Crippen molar-refractivity contribution in [2.24, 2.45) is 0 Å². The summed E-state index contributed by atoms with van der Waals surface area (Å²) < 4.78 is 30.4. The van der Waals surface area contributed by atoms with Gasteiger partial charge in [0.2, 0.25) is 0 Å². The number of nitrogens with zero attached hydrogens (tertiary/aromatic N) is 2. The Balaban J connectivity index is 1.32. The van der Waals surface area contributed by atoms with Gasteiger partial charge in [0.1, 0.15) is 11.3 Å². The smallest absolute Gasteiger partial charge is 0.298 e. The molecule has 0 atom stereocenters. The van der Waals surface area contributed by atoms with Crippen LogP contribution in [-0.2, 0) is 11.2 Å². The molecule has 7 nitrogen and oxygen atoms in total. The molecule has 2 aliphatic heterocycles. The lowest BCUT2D eigenvalue weighted by atomic mass is 10.1. The fourth-order valence-corrected chi connectivity index (χ4v) is 3.59. The summed E-state index contributed by atoms with van der Waals surface area (Å²) in [4.78, 5) is 18.7. The minimum absolute atomic E-state index is 0.0859. The monoisotopic (exact) mass is 397 g/mol. The molecule has 5 rings (SSSR count). The van der Waals surface area contributed by atoms with Crippen molar-refractivity contribution < 1.29 is 23.1 Å². The number of carbonyl (C=O) groups excluding carboxylic acids is 1. The largest absolute Gasteiger partial charge is 0.493 e. The first-order valence-corrected chi connectivity index (χ1v) is 9.45. The molecule has 8 heteroatoms. The van der Waals surface area contributed by atoms with Crippen LogP contribution in [-0.4, -0.2) is 50.0 Å². The van der Waals surface area contributed by atoms with Crippen molar-refractivity contribution >= 4 is 28.7 Å². The number of hydrogen-bond acceptors (Lipinski definition) is 6. The number of hydrogen-bond donors (Lipinski definition) is 1. The Morgan fingerprint density at radius 3 is 2.93 bits per heavy atom. The first-order valence-electron chi connectivity index (χ1n) is 9.45. The van der Waals surface area contributed by atoms with E-state index < -0.39 is 5.67 Å². The van der Waals surface area contributed by atoms with Gasteiger partial charge in [-0.05, 0) is 42.0 Å². The molecule has 0 aliphatic carbocycles. The lowest BCUT2D eigenvalue weighted by Gasteiger charge is -2.36. The number of nitrogens with one attached hydrogen (secondary N) is 1. The number of fused-ring (bicyclic) bond motifs is 2. The van der Waals surface area contributed by atoms with Crippen LogP contribution in [0.3, 0.4) is 0 Å². The number of alkyl halides is 1. The number of ether oxygens (including phenoxy) is 2. The molecule has 1 aromatic heterocycles. The van der Waals surface area contributed by atoms with E-state index in [4.69, 9.17) is 13.9 Å². The van der Waals surface area contributed by atoms with Crippen LogP contribution >= 0.6 is 0 Å². The fourth-order valence-electron chi connectivity index (χ4n) is 3.59. The molecular weight excluding hydrogens is 377 g/mol. The Kier molecular flexibility index (Phi) is 4.16. The van der Waals surface area contributed by atoms with Gasteiger partial charge in [-0.3, -0.25) is 4.79 Å². The number of oxazole rings is 1. The van der Waals surface area contributed by atoms with E-state index in [0.717, 1.165) is 17.7 Å². The minimum atomic E-state index is -1.37. The summed E-state index contributed by atoms with van der Waals surface area (Å²) in [6, 6.07) is 11.0. The molecule has 1 saturated heterocycles. The van der Waals surface area contributed by atoms with E-state index in [1.165, 1.54) is 0 Å². The number of anilines is 2. The van der Waals surface area contributed by atoms with Gasteiger partial charge in [-0.25, -0.2) is 4.39 Å². The van der Waals surface area contributed by atoms with E-state index in [9.17, 15) is 9.18 Å². The zero-order chi connectivity index (χ0) is 20.0. The van der Waals surface area contributed by atoms with Crippen LogP contribution in [0.2, 0.25) is 0 Å². The molecule has 2 aliphatic rings. The van der Waals surface area contributed by atoms with Gasteiger partial charge in [-0.1, -0.05) is 0 Å². The predicted octanol–water partition coefficient (Wildman–Crippen LogP) is 3.19. The van der Waals surface area contributed by atoms with E-state index in [1.807, 2.05) is 12.1 Å². The van der Waals surface area contributed by atoms with Gasteiger partial charge in [0.05, 0.1) is 26.4 Å². The van der Waals surface area contributed by atoms with E-state index in [0.29, 0.717) is 35.0 Å². The van der Waals surface area contributed by atoms with Gasteiger partial charge in [0.15, 0.2) is 11.3 Å². The average Bonchev–Trinajstić information content (AvgIpc) is 3.32. The predicted molar refractivity (Wildman–Crippen MR) is 106 cm³/mol. The van der Waals surface area contributed by atoms with Crippen molar-refractivity contribution in [1.29, 1.82) is 0 Å². The second kappa shape index (κ2) is 6.73. The Morgan fingerprint density at radius 2 is 2.14 bits per heavy atom. The molecule has 1 amide bonds. The first-order chi connectivity index (χ1) is 14.0. The number of aromatic nitrogens is 1. The zero-order valence-electron chi connectivity index (χ0n) is 15.9. The number of benzene rings is 2. The minimum Gasteiger partial charge on any atom is -0.493 e. The molecule has 2 aromatic carbocycles. The third-order valence-corrected chi connectivity index (χ3v) is 5.15. The Morgan fingerprint density at radius 1 is 1.28 bits per heavy atom. The molecule has 0 bridgehead atoms. The van der Waals surface area contributed by atoms with Crippen molar-refractivity contribution in [2.45, 2.75) is 12.1 Å². The number of rotatable bonds is 5. The quantitative estimate of drug-likeness (QED) is 0.713. The molecule has 29 heavy (non-hydrogen) atoms. The molecule has 3 heterocycles. The van der Waals surface area contributed by atoms with Gasteiger partial charge >= 0.3 is 0 Å². The van der Waals surface area contributed by atoms with Crippen LogP contribution in [0.1, 0.15) is 15.9 Å². The summed E-state index contributed by atoms with van der Waals surface area (Å²) in [6.07, 6.45) is 0.809. The molecule has 0 spiro atoms. The number of amides is 1. The summed E-state index contributed by atoms with van der Waals surface area (Å²) >= 11 is 0. The molecule has 0 unspecified atom stereocenters. The molecule has 1 N–H and O–H groups in total. The molecule has 150 valence electrons. The van der Waals surface area contributed by atoms with Crippen LogP contribution in [0.4, 0.5) is 16.1 Å². The van der Waals surface area contributed by atoms with Gasteiger partial charge < -0.3 is 24.1 Å². The third-order valence-electron chi connectivity index (χ3n) is 5.15. The molecule has 0 radical (unpaired) electrons. The summed E-state index contributed by atoms with van der Waals surface area (Å²) in [7, 11) is 1.73. The molecule has 0 saturated carbocycles. The van der Waals surface area contributed by atoms with E-state index in [2.05, 4.69) is 10.3 Å². The lowest BCUT2D eigenvalue weighted by molar-refractivity contribution is -0.123. The second-order valence-electron chi connectivity index (χ2n) is 7.55. The maximum atomic E-state index is 14.3. The van der Waals surface area contributed by atoms with Gasteiger partial charge in [0, 0.05) is 24.7 Å². The summed E-state index contributed by atoms with van der Waals surface area (Å²) in [6.45, 7) is 0.965. The lowest BCUT2D eigenvalue weighted by Crippen LogP contribution is -2.53. The van der Waals surface area contributed by atoms with Crippen molar-refractivity contribution in [3.05, 3.63) is 47.5 Å². The van der Waals surface area contributed by atoms with E-state index >= 15 is 0 Å². The maximum Gasteiger partial charge on any atom is 0.298 e. The third kappa shape index (κ3) is 3.40. The van der Waals surface area contributed by atoms with Gasteiger partial charge in [-0.15, -0.1) is 0 Å². The highest BCUT2D eigenvalue weighted by Gasteiger charge is 2.40. The fraction of sp³-hybridized carbons (Fsp3) is 0.333. The standard InChI is InChI=1S/C21H20FN3O4/c1-25(10-21(22)11-27-12-21)20-24-16-9-15(3-5-18(16)29-20)23-19(26)14-2-4-17-13(8-14)6-7-28-17/h2-5,8-9H,6-7,10-12H2,1H3,(H,23,26). The molecule has 3 aromatic rings. The van der Waals surface area contributed by atoms with Gasteiger partial charge in [-0.2, -0.15) is 4.98 Å². The first kappa shape index (κ1) is 17.9. The van der Waals surface area contributed by atoms with E-state index in [-0.39, 0.29) is 25.7 Å². The zero-order valence-corrected chi connectivity index (χ0v) is 15.9.